The predicted molar refractivity (Wildman–Crippen MR) is 158 cm³/mol. The number of aromatic nitrogens is 1. The number of nitrogens with zero attached hydrogens (tertiary/aromatic N) is 3. The van der Waals surface area contributed by atoms with Gasteiger partial charge in [-0.3, -0.25) is 4.98 Å². The van der Waals surface area contributed by atoms with Gasteiger partial charge in [0, 0.05) is 50.3 Å². The lowest BCUT2D eigenvalue weighted by Crippen LogP contribution is -2.44. The number of urea groups is 1. The van der Waals surface area contributed by atoms with Crippen LogP contribution in [0, 0.1) is 11.7 Å². The number of pyridine rings is 1. The molecule has 0 fully saturated rings. The summed E-state index contributed by atoms with van der Waals surface area (Å²) in [4.78, 5) is 19.0. The average Bonchev–Trinajstić information content (AvgIpc) is 2.95. The quantitative estimate of drug-likeness (QED) is 0.179. The number of halogens is 1. The molecule has 0 spiro atoms. The van der Waals surface area contributed by atoms with E-state index in [2.05, 4.69) is 10.3 Å². The summed E-state index contributed by atoms with van der Waals surface area (Å²) in [5, 5.41) is 13.1. The maximum atomic E-state index is 13.4. The van der Waals surface area contributed by atoms with Gasteiger partial charge in [-0.25, -0.2) is 17.6 Å². The molecule has 0 radical (unpaired) electrons. The van der Waals surface area contributed by atoms with Gasteiger partial charge >= 0.3 is 6.03 Å². The second kappa shape index (κ2) is 15.5. The Balaban J connectivity index is 1.59. The molecular formula is C30H40FN5O4S. The van der Waals surface area contributed by atoms with E-state index in [1.807, 2.05) is 19.9 Å². The minimum absolute atomic E-state index is 0.0544. The van der Waals surface area contributed by atoms with Crippen molar-refractivity contribution in [1.29, 1.82) is 0 Å². The van der Waals surface area contributed by atoms with Crippen LogP contribution in [0.1, 0.15) is 44.2 Å². The van der Waals surface area contributed by atoms with Gasteiger partial charge in [0.1, 0.15) is 5.82 Å². The number of anilines is 1. The molecule has 0 aliphatic rings. The number of aliphatic hydroxyl groups is 1. The van der Waals surface area contributed by atoms with E-state index in [9.17, 15) is 22.7 Å². The monoisotopic (exact) mass is 585 g/mol. The fourth-order valence-electron chi connectivity index (χ4n) is 4.44. The van der Waals surface area contributed by atoms with Gasteiger partial charge < -0.3 is 21.1 Å². The Morgan fingerprint density at radius 1 is 1.02 bits per heavy atom. The largest absolute Gasteiger partial charge is 0.399 e. The lowest BCUT2D eigenvalue weighted by Gasteiger charge is -2.31. The molecule has 4 N–H and O–H groups in total. The minimum atomic E-state index is -3.84. The maximum Gasteiger partial charge on any atom is 0.318 e. The van der Waals surface area contributed by atoms with Crippen molar-refractivity contribution in [3.8, 4) is 0 Å². The third kappa shape index (κ3) is 9.80. The van der Waals surface area contributed by atoms with Crippen LogP contribution >= 0.6 is 0 Å². The number of hydrogen-bond acceptors (Lipinski definition) is 6. The summed E-state index contributed by atoms with van der Waals surface area (Å²) in [6, 6.07) is 14.9. The fraction of sp³-hybridized carbons (Fsp3) is 0.400. The Morgan fingerprint density at radius 2 is 1.71 bits per heavy atom. The zero-order valence-corrected chi connectivity index (χ0v) is 24.4. The molecule has 3 aromatic rings. The topological polar surface area (TPSA) is 129 Å². The molecule has 0 aliphatic carbocycles. The first kappa shape index (κ1) is 32.0. The van der Waals surface area contributed by atoms with Gasteiger partial charge in [-0.2, -0.15) is 4.31 Å². The summed E-state index contributed by atoms with van der Waals surface area (Å²) in [5.41, 5.74) is 7.86. The van der Waals surface area contributed by atoms with Crippen molar-refractivity contribution < 1.29 is 22.7 Å². The van der Waals surface area contributed by atoms with Crippen molar-refractivity contribution >= 4 is 21.7 Å². The Labute approximate surface area is 242 Å². The van der Waals surface area contributed by atoms with Crippen LogP contribution in [0.4, 0.5) is 14.9 Å². The number of sulfonamides is 1. The van der Waals surface area contributed by atoms with Crippen LogP contribution in [0.15, 0.2) is 78.0 Å². The zero-order valence-electron chi connectivity index (χ0n) is 23.6. The number of carbonyl (C=O) groups excluding carboxylic acids is 1. The SMILES string of the molecule is CC(C)CN([C@H](CO)CCCCNC(=O)N(Cc1ccc(F)cc1)Cc1cccnc1)S(=O)(=O)c1ccc(N)cc1. The van der Waals surface area contributed by atoms with Crippen molar-refractivity contribution in [3.05, 3.63) is 90.0 Å². The van der Waals surface area contributed by atoms with E-state index in [0.29, 0.717) is 44.6 Å². The molecule has 1 heterocycles. The third-order valence-electron chi connectivity index (χ3n) is 6.56. The number of aliphatic hydroxyl groups excluding tert-OH is 1. The normalized spacial score (nSPS) is 12.4. The highest BCUT2D eigenvalue weighted by atomic mass is 32.2. The van der Waals surface area contributed by atoms with E-state index in [-0.39, 0.29) is 35.8 Å². The van der Waals surface area contributed by atoms with Gasteiger partial charge in [-0.1, -0.05) is 38.5 Å². The highest BCUT2D eigenvalue weighted by molar-refractivity contribution is 7.89. The van der Waals surface area contributed by atoms with Crippen LogP contribution in [-0.4, -0.2) is 59.5 Å². The standard InChI is InChI=1S/C30H40FN5O4S/c1-23(2)19-36(41(39,40)29-14-12-27(32)13-15-29)28(22-37)7-3-4-17-34-30(38)35(21-25-6-5-16-33-18-25)20-24-8-10-26(31)11-9-24/h5-6,8-16,18,23,28,37H,3-4,7,17,19-22,32H2,1-2H3,(H,34,38)/t28-/m0/s1. The first-order chi connectivity index (χ1) is 19.6. The van der Waals surface area contributed by atoms with Crippen LogP contribution in [0.5, 0.6) is 0 Å². The van der Waals surface area contributed by atoms with E-state index in [1.54, 1.807) is 47.6 Å². The van der Waals surface area contributed by atoms with Crippen molar-refractivity contribution in [2.75, 3.05) is 25.4 Å². The molecule has 11 heteroatoms. The van der Waals surface area contributed by atoms with E-state index in [1.165, 1.54) is 28.6 Å². The Kier molecular flexibility index (Phi) is 12.1. The second-order valence-electron chi connectivity index (χ2n) is 10.4. The lowest BCUT2D eigenvalue weighted by atomic mass is 10.1. The van der Waals surface area contributed by atoms with E-state index >= 15 is 0 Å². The summed E-state index contributed by atoms with van der Waals surface area (Å²) in [6.07, 6.45) is 4.98. The van der Waals surface area contributed by atoms with Crippen molar-refractivity contribution in [3.63, 3.8) is 0 Å². The molecule has 0 bridgehead atoms. The van der Waals surface area contributed by atoms with Crippen LogP contribution in [0.2, 0.25) is 0 Å². The van der Waals surface area contributed by atoms with Crippen LogP contribution in [-0.2, 0) is 23.1 Å². The summed E-state index contributed by atoms with van der Waals surface area (Å²) >= 11 is 0. The molecule has 3 rings (SSSR count). The first-order valence-corrected chi connectivity index (χ1v) is 15.2. The number of unbranched alkanes of at least 4 members (excludes halogenated alkanes) is 1. The van der Waals surface area contributed by atoms with Crippen LogP contribution in [0.25, 0.3) is 0 Å². The zero-order chi connectivity index (χ0) is 29.8. The Morgan fingerprint density at radius 3 is 2.32 bits per heavy atom. The molecule has 1 atom stereocenters. The number of nitrogen functional groups attached to an aromatic ring is 1. The molecule has 0 aliphatic heterocycles. The minimum Gasteiger partial charge on any atom is -0.399 e. The van der Waals surface area contributed by atoms with E-state index in [4.69, 9.17) is 5.73 Å². The summed E-state index contributed by atoms with van der Waals surface area (Å²) in [7, 11) is -3.84. The highest BCUT2D eigenvalue weighted by Crippen LogP contribution is 2.23. The molecule has 0 saturated heterocycles. The molecule has 9 nitrogen and oxygen atoms in total. The number of nitrogens with one attached hydrogen (secondary N) is 1. The van der Waals surface area contributed by atoms with Crippen LogP contribution < -0.4 is 11.1 Å². The number of nitrogens with two attached hydrogens (primary N) is 1. The molecular weight excluding hydrogens is 545 g/mol. The van der Waals surface area contributed by atoms with Crippen molar-refractivity contribution in [2.45, 2.75) is 57.1 Å². The number of rotatable bonds is 15. The molecule has 1 aromatic heterocycles. The van der Waals surface area contributed by atoms with Crippen molar-refractivity contribution in [1.82, 2.24) is 19.5 Å². The lowest BCUT2D eigenvalue weighted by molar-refractivity contribution is 0.167. The van der Waals surface area contributed by atoms with Gasteiger partial charge in [0.25, 0.3) is 0 Å². The molecule has 222 valence electrons. The highest BCUT2D eigenvalue weighted by Gasteiger charge is 2.31. The van der Waals surface area contributed by atoms with Gasteiger partial charge in [0.2, 0.25) is 10.0 Å². The number of hydrogen-bond donors (Lipinski definition) is 3. The van der Waals surface area contributed by atoms with Gasteiger partial charge in [-0.15, -0.1) is 0 Å². The van der Waals surface area contributed by atoms with E-state index < -0.39 is 16.1 Å². The van der Waals surface area contributed by atoms with Gasteiger partial charge in [-0.05, 0) is 72.4 Å². The molecule has 41 heavy (non-hydrogen) atoms. The molecule has 2 amide bonds. The Bertz CT molecular complexity index is 1320. The van der Waals surface area contributed by atoms with Gasteiger partial charge in [0.15, 0.2) is 0 Å². The average molecular weight is 586 g/mol. The number of carbonyl (C=O) groups is 1. The van der Waals surface area contributed by atoms with Gasteiger partial charge in [0.05, 0.1) is 11.5 Å². The predicted octanol–water partition coefficient (Wildman–Crippen LogP) is 4.39. The first-order valence-electron chi connectivity index (χ1n) is 13.7. The number of benzene rings is 2. The maximum absolute atomic E-state index is 13.4. The fourth-order valence-corrected chi connectivity index (χ4v) is 6.25. The third-order valence-corrected chi connectivity index (χ3v) is 8.49. The molecule has 2 aromatic carbocycles. The molecule has 0 saturated carbocycles. The van der Waals surface area contributed by atoms with E-state index in [0.717, 1.165) is 11.1 Å². The number of amides is 2. The van der Waals surface area contributed by atoms with Crippen molar-refractivity contribution in [2.24, 2.45) is 5.92 Å². The smallest absolute Gasteiger partial charge is 0.318 e. The van der Waals surface area contributed by atoms with Crippen LogP contribution in [0.3, 0.4) is 0 Å². The second-order valence-corrected chi connectivity index (χ2v) is 12.3. The summed E-state index contributed by atoms with van der Waals surface area (Å²) in [5.74, 6) is -0.287. The summed E-state index contributed by atoms with van der Waals surface area (Å²) < 4.78 is 41.6. The Hall–Kier alpha value is -3.54. The summed E-state index contributed by atoms with van der Waals surface area (Å²) in [6.45, 7) is 4.80. The molecule has 0 unspecified atom stereocenters.